The molecule has 1 N–H and O–H groups in total. The van der Waals surface area contributed by atoms with E-state index in [4.69, 9.17) is 11.6 Å². The first-order valence-corrected chi connectivity index (χ1v) is 7.68. The molecule has 1 fully saturated rings. The summed E-state index contributed by atoms with van der Waals surface area (Å²) in [5, 5.41) is 8.47. The molecule has 1 amide bonds. The van der Waals surface area contributed by atoms with E-state index in [0.29, 0.717) is 23.8 Å². The third-order valence-electron chi connectivity index (χ3n) is 3.76. The number of carbonyl (C=O) groups is 1. The van der Waals surface area contributed by atoms with Crippen LogP contribution in [0.25, 0.3) is 5.69 Å². The zero-order valence-corrected chi connectivity index (χ0v) is 13.5. The molecule has 6 heteroatoms. The largest absolute Gasteiger partial charge is 0.334 e. The van der Waals surface area contributed by atoms with Gasteiger partial charge in [0.25, 0.3) is 5.91 Å². The normalized spacial score (nSPS) is 17.5. The average molecular weight is 319 g/mol. The predicted octanol–water partition coefficient (Wildman–Crippen LogP) is 2.35. The molecule has 0 radical (unpaired) electrons. The topological polar surface area (TPSA) is 50.2 Å². The fraction of sp³-hybridized carbons (Fsp3) is 0.375. The molecule has 1 saturated heterocycles. The Morgan fingerprint density at radius 1 is 1.27 bits per heavy atom. The van der Waals surface area contributed by atoms with Crippen molar-refractivity contribution in [3.8, 4) is 5.69 Å². The van der Waals surface area contributed by atoms with Crippen molar-refractivity contribution in [2.24, 2.45) is 0 Å². The van der Waals surface area contributed by atoms with Crippen LogP contribution in [0.1, 0.15) is 24.3 Å². The van der Waals surface area contributed by atoms with E-state index in [9.17, 15) is 4.79 Å². The Balaban J connectivity index is 1.78. The number of hydrogen-bond acceptors (Lipinski definition) is 3. The van der Waals surface area contributed by atoms with E-state index in [1.807, 2.05) is 17.0 Å². The molecule has 0 bridgehead atoms. The Morgan fingerprint density at radius 3 is 2.68 bits per heavy atom. The fourth-order valence-electron chi connectivity index (χ4n) is 2.65. The summed E-state index contributed by atoms with van der Waals surface area (Å²) in [7, 11) is 0. The molecule has 3 rings (SSSR count). The molecule has 0 unspecified atom stereocenters. The molecule has 116 valence electrons. The van der Waals surface area contributed by atoms with Crippen molar-refractivity contribution >= 4 is 17.5 Å². The van der Waals surface area contributed by atoms with Crippen molar-refractivity contribution in [3.63, 3.8) is 0 Å². The van der Waals surface area contributed by atoms with Gasteiger partial charge < -0.3 is 10.2 Å². The van der Waals surface area contributed by atoms with Crippen LogP contribution in [-0.2, 0) is 0 Å². The second-order valence-electron chi connectivity index (χ2n) is 6.16. The van der Waals surface area contributed by atoms with E-state index in [2.05, 4.69) is 24.3 Å². The number of amides is 1. The van der Waals surface area contributed by atoms with Crippen LogP contribution in [0.4, 0.5) is 0 Å². The summed E-state index contributed by atoms with van der Waals surface area (Å²) in [6, 6.07) is 9.11. The van der Waals surface area contributed by atoms with Gasteiger partial charge >= 0.3 is 0 Å². The van der Waals surface area contributed by atoms with E-state index < -0.39 is 0 Å². The lowest BCUT2D eigenvalue weighted by molar-refractivity contribution is 0.0646. The Kier molecular flexibility index (Phi) is 3.93. The minimum absolute atomic E-state index is 0.0257. The average Bonchev–Trinajstić information content (AvgIpc) is 2.96. The molecule has 1 aliphatic rings. The Labute approximate surface area is 134 Å². The number of aromatic nitrogens is 2. The van der Waals surface area contributed by atoms with Gasteiger partial charge in [0, 0.05) is 36.4 Å². The summed E-state index contributed by atoms with van der Waals surface area (Å²) in [6.45, 7) is 6.38. The molecule has 2 aromatic rings. The van der Waals surface area contributed by atoms with Crippen LogP contribution < -0.4 is 5.32 Å². The van der Waals surface area contributed by atoms with Crippen molar-refractivity contribution < 1.29 is 4.79 Å². The molecular weight excluding hydrogens is 300 g/mol. The molecule has 22 heavy (non-hydrogen) atoms. The number of nitrogens with one attached hydrogen (secondary N) is 1. The van der Waals surface area contributed by atoms with Gasteiger partial charge in [-0.05, 0) is 44.2 Å². The zero-order chi connectivity index (χ0) is 15.7. The van der Waals surface area contributed by atoms with Crippen LogP contribution in [0.15, 0.2) is 36.5 Å². The fourth-order valence-corrected chi connectivity index (χ4v) is 2.78. The quantitative estimate of drug-likeness (QED) is 0.924. The first-order valence-electron chi connectivity index (χ1n) is 7.31. The van der Waals surface area contributed by atoms with Crippen LogP contribution in [0, 0.1) is 0 Å². The van der Waals surface area contributed by atoms with Gasteiger partial charge in [0.15, 0.2) is 5.69 Å². The molecule has 1 aromatic carbocycles. The minimum Gasteiger partial charge on any atom is -0.334 e. The lowest BCUT2D eigenvalue weighted by Crippen LogP contribution is -2.58. The summed E-state index contributed by atoms with van der Waals surface area (Å²) >= 11 is 5.89. The van der Waals surface area contributed by atoms with Crippen molar-refractivity contribution in [1.29, 1.82) is 0 Å². The van der Waals surface area contributed by atoms with Gasteiger partial charge in [-0.2, -0.15) is 5.10 Å². The SMILES string of the molecule is CC1(C)CN(C(=O)c2ccn(-c3ccc(Cl)cc3)n2)CCN1. The number of benzene rings is 1. The van der Waals surface area contributed by atoms with Gasteiger partial charge in [-0.25, -0.2) is 4.68 Å². The number of hydrogen-bond donors (Lipinski definition) is 1. The number of piperazine rings is 1. The molecule has 0 spiro atoms. The predicted molar refractivity (Wildman–Crippen MR) is 86.6 cm³/mol. The van der Waals surface area contributed by atoms with Crippen LogP contribution in [0.2, 0.25) is 5.02 Å². The molecule has 5 nitrogen and oxygen atoms in total. The van der Waals surface area contributed by atoms with Crippen molar-refractivity contribution in [3.05, 3.63) is 47.2 Å². The highest BCUT2D eigenvalue weighted by molar-refractivity contribution is 6.30. The molecular formula is C16H19ClN4O. The monoisotopic (exact) mass is 318 g/mol. The van der Waals surface area contributed by atoms with E-state index in [1.54, 1.807) is 29.1 Å². The van der Waals surface area contributed by atoms with Crippen LogP contribution in [0.3, 0.4) is 0 Å². The summed E-state index contributed by atoms with van der Waals surface area (Å²) in [4.78, 5) is 14.4. The van der Waals surface area contributed by atoms with Crippen LogP contribution in [0.5, 0.6) is 0 Å². The van der Waals surface area contributed by atoms with E-state index >= 15 is 0 Å². The Bertz CT molecular complexity index is 678. The maximum Gasteiger partial charge on any atom is 0.274 e. The Morgan fingerprint density at radius 2 is 2.00 bits per heavy atom. The minimum atomic E-state index is -0.0628. The smallest absolute Gasteiger partial charge is 0.274 e. The third kappa shape index (κ3) is 3.15. The van der Waals surface area contributed by atoms with Crippen LogP contribution >= 0.6 is 11.6 Å². The second kappa shape index (κ2) is 5.74. The van der Waals surface area contributed by atoms with Crippen molar-refractivity contribution in [1.82, 2.24) is 20.0 Å². The van der Waals surface area contributed by atoms with Gasteiger partial charge in [0.2, 0.25) is 0 Å². The van der Waals surface area contributed by atoms with Crippen molar-refractivity contribution in [2.75, 3.05) is 19.6 Å². The lowest BCUT2D eigenvalue weighted by Gasteiger charge is -2.38. The van der Waals surface area contributed by atoms with E-state index in [1.165, 1.54) is 0 Å². The standard InChI is InChI=1S/C16H19ClN4O/c1-16(2)11-20(10-8-18-16)15(22)14-7-9-21(19-14)13-5-3-12(17)4-6-13/h3-7,9,18H,8,10-11H2,1-2H3. The molecule has 0 atom stereocenters. The van der Waals surface area contributed by atoms with Gasteiger partial charge in [-0.3, -0.25) is 4.79 Å². The van der Waals surface area contributed by atoms with Gasteiger partial charge in [-0.15, -0.1) is 0 Å². The summed E-state index contributed by atoms with van der Waals surface area (Å²) < 4.78 is 1.69. The highest BCUT2D eigenvalue weighted by atomic mass is 35.5. The highest BCUT2D eigenvalue weighted by Crippen LogP contribution is 2.15. The first kappa shape index (κ1) is 15.1. The highest BCUT2D eigenvalue weighted by Gasteiger charge is 2.29. The van der Waals surface area contributed by atoms with Crippen LogP contribution in [-0.4, -0.2) is 45.8 Å². The molecule has 0 saturated carbocycles. The maximum absolute atomic E-state index is 12.6. The Hall–Kier alpha value is -1.85. The molecule has 1 aliphatic heterocycles. The second-order valence-corrected chi connectivity index (χ2v) is 6.60. The first-order chi connectivity index (χ1) is 10.4. The molecule has 2 heterocycles. The third-order valence-corrected chi connectivity index (χ3v) is 4.01. The summed E-state index contributed by atoms with van der Waals surface area (Å²) in [5.74, 6) is -0.0257. The number of carbonyl (C=O) groups excluding carboxylic acids is 1. The number of rotatable bonds is 2. The van der Waals surface area contributed by atoms with E-state index in [-0.39, 0.29) is 11.4 Å². The summed E-state index contributed by atoms with van der Waals surface area (Å²) in [6.07, 6.45) is 1.80. The molecule has 1 aromatic heterocycles. The maximum atomic E-state index is 12.6. The van der Waals surface area contributed by atoms with Gasteiger partial charge in [-0.1, -0.05) is 11.6 Å². The van der Waals surface area contributed by atoms with E-state index in [0.717, 1.165) is 12.2 Å². The van der Waals surface area contributed by atoms with Crippen molar-refractivity contribution in [2.45, 2.75) is 19.4 Å². The lowest BCUT2D eigenvalue weighted by atomic mass is 10.0. The number of nitrogens with zero attached hydrogens (tertiary/aromatic N) is 3. The summed E-state index contributed by atoms with van der Waals surface area (Å²) in [5.41, 5.74) is 1.28. The van der Waals surface area contributed by atoms with Gasteiger partial charge in [0.05, 0.1) is 5.69 Å². The number of halogens is 1. The van der Waals surface area contributed by atoms with Gasteiger partial charge in [0.1, 0.15) is 0 Å². The zero-order valence-electron chi connectivity index (χ0n) is 12.7. The molecule has 0 aliphatic carbocycles.